The molecule has 1 unspecified atom stereocenters. The summed E-state index contributed by atoms with van der Waals surface area (Å²) in [5, 5.41) is 12.6. The van der Waals surface area contributed by atoms with Gasteiger partial charge in [0.25, 0.3) is 0 Å². The molecule has 3 rings (SSSR count). The Hall–Kier alpha value is -2.61. The normalized spacial score (nSPS) is 12.3. The van der Waals surface area contributed by atoms with Crippen LogP contribution in [-0.2, 0) is 9.53 Å². The zero-order valence-electron chi connectivity index (χ0n) is 14.5. The highest BCUT2D eigenvalue weighted by Gasteiger charge is 2.26. The summed E-state index contributed by atoms with van der Waals surface area (Å²) in [6.07, 6.45) is -0.912. The molecule has 3 nitrogen and oxygen atoms in total. The summed E-state index contributed by atoms with van der Waals surface area (Å²) >= 11 is 0. The van der Waals surface area contributed by atoms with Gasteiger partial charge in [-0.15, -0.1) is 0 Å². The topological polar surface area (TPSA) is 46.5 Å². The molecule has 1 N–H and O–H groups in total. The monoisotopic (exact) mass is 364 g/mol. The molecule has 0 amide bonds. The van der Waals surface area contributed by atoms with Crippen molar-refractivity contribution >= 4 is 34.8 Å². The molecule has 0 aliphatic carbocycles. The minimum Gasteiger partial charge on any atom is -0.479 e. The van der Waals surface area contributed by atoms with E-state index in [4.69, 9.17) is 4.74 Å². The molecule has 3 aromatic carbocycles. The van der Waals surface area contributed by atoms with E-state index in [9.17, 15) is 9.90 Å². The zero-order valence-corrected chi connectivity index (χ0v) is 15.4. The number of rotatable bonds is 6. The minimum absolute atomic E-state index is 0.912. The third-order valence-electron chi connectivity index (χ3n) is 4.26. The van der Waals surface area contributed by atoms with Crippen LogP contribution in [0.1, 0.15) is 6.92 Å². The van der Waals surface area contributed by atoms with Crippen molar-refractivity contribution < 1.29 is 14.6 Å². The van der Waals surface area contributed by atoms with Gasteiger partial charge in [-0.3, -0.25) is 0 Å². The largest absolute Gasteiger partial charge is 0.479 e. The van der Waals surface area contributed by atoms with Gasteiger partial charge in [0.1, 0.15) is 0 Å². The van der Waals surface area contributed by atoms with Crippen molar-refractivity contribution in [3.8, 4) is 0 Å². The van der Waals surface area contributed by atoms with Crippen LogP contribution in [0.3, 0.4) is 0 Å². The van der Waals surface area contributed by atoms with Crippen molar-refractivity contribution in [2.75, 3.05) is 0 Å². The maximum absolute atomic E-state index is 11.3. The Balaban J connectivity index is 2.32. The number of ether oxygens (including phenoxy) is 1. The first-order valence-corrected chi connectivity index (χ1v) is 10.3. The highest BCUT2D eigenvalue weighted by molar-refractivity contribution is 7.94. The lowest BCUT2D eigenvalue weighted by molar-refractivity contribution is -0.144. The Kier molecular flexibility index (Phi) is 5.72. The highest BCUT2D eigenvalue weighted by atomic mass is 31.2. The SMILES string of the molecule is CC(OC=P(c1ccccc1)(c1ccccc1)c1ccccc1)C(=O)O. The number of carbonyl (C=O) groups is 1. The van der Waals surface area contributed by atoms with E-state index in [-0.39, 0.29) is 0 Å². The van der Waals surface area contributed by atoms with Gasteiger partial charge in [-0.2, -0.15) is 0 Å². The molecule has 3 aromatic rings. The lowest BCUT2D eigenvalue weighted by Gasteiger charge is -2.28. The Morgan fingerprint density at radius 1 is 0.808 bits per heavy atom. The summed E-state index contributed by atoms with van der Waals surface area (Å²) in [4.78, 5) is 11.3. The first kappa shape index (κ1) is 18.2. The molecule has 0 saturated heterocycles. The molecule has 0 aliphatic rings. The van der Waals surface area contributed by atoms with Gasteiger partial charge in [-0.1, -0.05) is 91.0 Å². The molecule has 0 heterocycles. The van der Waals surface area contributed by atoms with Crippen LogP contribution in [0.2, 0.25) is 0 Å². The number of benzene rings is 3. The van der Waals surface area contributed by atoms with Crippen LogP contribution >= 0.6 is 6.89 Å². The molecule has 0 aromatic heterocycles. The Labute approximate surface area is 153 Å². The molecule has 1 atom stereocenters. The van der Waals surface area contributed by atoms with Crippen molar-refractivity contribution in [1.82, 2.24) is 0 Å². The smallest absolute Gasteiger partial charge is 0.333 e. The molecule has 26 heavy (non-hydrogen) atoms. The van der Waals surface area contributed by atoms with Gasteiger partial charge in [0.2, 0.25) is 0 Å². The summed E-state index contributed by atoms with van der Waals surface area (Å²) < 4.78 is 5.76. The van der Waals surface area contributed by atoms with Gasteiger partial charge < -0.3 is 9.84 Å². The standard InChI is InChI=1S/C22H21O3P/c1-18(22(23)24)25-17-26(19-11-5-2-6-12-19,20-13-7-3-8-14-20)21-15-9-4-10-16-21/h2-18H,1H3,(H,23,24). The molecule has 0 fully saturated rings. The number of hydrogen-bond donors (Lipinski definition) is 1. The van der Waals surface area contributed by atoms with Crippen LogP contribution in [0.5, 0.6) is 0 Å². The Morgan fingerprint density at radius 2 is 1.15 bits per heavy atom. The molecular weight excluding hydrogens is 343 g/mol. The maximum Gasteiger partial charge on any atom is 0.333 e. The Bertz CT molecular complexity index is 802. The average molecular weight is 364 g/mol. The lowest BCUT2D eigenvalue weighted by Crippen LogP contribution is -2.29. The van der Waals surface area contributed by atoms with Gasteiger partial charge in [0.05, 0.1) is 0 Å². The van der Waals surface area contributed by atoms with Crippen LogP contribution in [0, 0.1) is 0 Å². The van der Waals surface area contributed by atoms with E-state index >= 15 is 0 Å². The third kappa shape index (κ3) is 3.65. The summed E-state index contributed by atoms with van der Waals surface area (Å²) in [5.74, 6) is 0.791. The van der Waals surface area contributed by atoms with E-state index in [1.807, 2.05) is 54.6 Å². The zero-order chi connectivity index (χ0) is 18.4. The second-order valence-corrected chi connectivity index (χ2v) is 9.16. The number of hydrogen-bond acceptors (Lipinski definition) is 2. The fourth-order valence-electron chi connectivity index (χ4n) is 2.86. The summed E-state index contributed by atoms with van der Waals surface area (Å²) in [5.41, 5.74) is 0. The van der Waals surface area contributed by atoms with Crippen LogP contribution in [0.4, 0.5) is 0 Å². The van der Waals surface area contributed by atoms with Crippen LogP contribution in [0.15, 0.2) is 91.0 Å². The van der Waals surface area contributed by atoms with E-state index in [0.29, 0.717) is 0 Å². The van der Waals surface area contributed by atoms with E-state index in [0.717, 1.165) is 15.9 Å². The number of aliphatic carboxylic acids is 1. The van der Waals surface area contributed by atoms with Gasteiger partial charge in [0, 0.05) is 5.98 Å². The minimum atomic E-state index is -2.26. The maximum atomic E-state index is 11.3. The molecular formula is C22H21O3P. The predicted molar refractivity (Wildman–Crippen MR) is 109 cm³/mol. The van der Waals surface area contributed by atoms with E-state index in [1.54, 1.807) is 12.9 Å². The van der Waals surface area contributed by atoms with Crippen molar-refractivity contribution in [2.24, 2.45) is 0 Å². The van der Waals surface area contributed by atoms with Crippen molar-refractivity contribution in [3.05, 3.63) is 91.0 Å². The summed E-state index contributed by atoms with van der Waals surface area (Å²) in [6.45, 7) is -0.707. The van der Waals surface area contributed by atoms with E-state index < -0.39 is 19.0 Å². The molecule has 0 radical (unpaired) electrons. The number of carboxylic acid groups (broad SMARTS) is 1. The lowest BCUT2D eigenvalue weighted by atomic mass is 10.4. The fraction of sp³-hybridized carbons (Fsp3) is 0.0909. The summed E-state index contributed by atoms with van der Waals surface area (Å²) in [7, 11) is 0. The predicted octanol–water partition coefficient (Wildman–Crippen LogP) is 3.23. The molecule has 0 spiro atoms. The van der Waals surface area contributed by atoms with E-state index in [1.165, 1.54) is 0 Å². The third-order valence-corrected chi connectivity index (χ3v) is 8.04. The highest BCUT2D eigenvalue weighted by Crippen LogP contribution is 2.43. The molecule has 0 aliphatic heterocycles. The van der Waals surface area contributed by atoms with Gasteiger partial charge in [-0.05, 0) is 29.7 Å². The second-order valence-electron chi connectivity index (χ2n) is 5.95. The molecule has 0 saturated carbocycles. The van der Waals surface area contributed by atoms with Crippen molar-refractivity contribution in [1.29, 1.82) is 0 Å². The Morgan fingerprint density at radius 3 is 1.46 bits per heavy atom. The van der Waals surface area contributed by atoms with Gasteiger partial charge in [0.15, 0.2) is 6.10 Å². The fourth-order valence-corrected chi connectivity index (χ4v) is 6.41. The molecule has 0 bridgehead atoms. The summed E-state index contributed by atoms with van der Waals surface area (Å²) in [6, 6.07) is 30.5. The number of carboxylic acids is 1. The molecule has 4 heteroatoms. The van der Waals surface area contributed by atoms with Crippen molar-refractivity contribution in [2.45, 2.75) is 13.0 Å². The average Bonchev–Trinajstić information content (AvgIpc) is 2.70. The van der Waals surface area contributed by atoms with Crippen LogP contribution < -0.4 is 15.9 Å². The second kappa shape index (κ2) is 8.18. The quantitative estimate of drug-likeness (QED) is 0.683. The molecule has 132 valence electrons. The first-order valence-electron chi connectivity index (χ1n) is 8.43. The van der Waals surface area contributed by atoms with Crippen LogP contribution in [0.25, 0.3) is 0 Å². The van der Waals surface area contributed by atoms with Crippen molar-refractivity contribution in [3.63, 3.8) is 0 Å². The van der Waals surface area contributed by atoms with Crippen LogP contribution in [-0.4, -0.2) is 23.2 Å². The van der Waals surface area contributed by atoms with Gasteiger partial charge in [-0.25, -0.2) is 4.79 Å². The first-order chi connectivity index (χ1) is 12.6. The van der Waals surface area contributed by atoms with E-state index in [2.05, 4.69) is 36.4 Å². The van der Waals surface area contributed by atoms with Gasteiger partial charge >= 0.3 is 5.97 Å².